The molecule has 28 heavy (non-hydrogen) atoms. The maximum Gasteiger partial charge on any atom is 0.338 e. The van der Waals surface area contributed by atoms with Crippen molar-refractivity contribution in [1.29, 1.82) is 5.26 Å². The highest BCUT2D eigenvalue weighted by molar-refractivity contribution is 5.89. The van der Waals surface area contributed by atoms with E-state index in [0.717, 1.165) is 11.0 Å². The number of aromatic nitrogens is 1. The molecule has 0 bridgehead atoms. The standard InChI is InChI=1S/C20H22N4O4/c1-4-6-11-24-18(25)16(12-21)13(3)17(19(24)26)23-22-15-9-7-14(8-10-15)20(27)28-5-2/h7-10,25H,4-6,11H2,1-3H3. The number of hydrogen-bond acceptors (Lipinski definition) is 7. The minimum Gasteiger partial charge on any atom is -0.493 e. The largest absolute Gasteiger partial charge is 0.493 e. The maximum atomic E-state index is 12.7. The second-order valence-electron chi connectivity index (χ2n) is 6.06. The van der Waals surface area contributed by atoms with Crippen molar-refractivity contribution in [2.45, 2.75) is 40.2 Å². The van der Waals surface area contributed by atoms with Crippen molar-refractivity contribution in [2.75, 3.05) is 6.61 Å². The van der Waals surface area contributed by atoms with Crippen molar-refractivity contribution in [3.63, 3.8) is 0 Å². The summed E-state index contributed by atoms with van der Waals surface area (Å²) in [7, 11) is 0. The number of aromatic hydroxyl groups is 1. The smallest absolute Gasteiger partial charge is 0.338 e. The summed E-state index contributed by atoms with van der Waals surface area (Å²) in [6, 6.07) is 8.17. The van der Waals surface area contributed by atoms with Crippen molar-refractivity contribution in [1.82, 2.24) is 4.57 Å². The number of ether oxygens (including phenoxy) is 1. The summed E-state index contributed by atoms with van der Waals surface area (Å²) in [4.78, 5) is 24.4. The van der Waals surface area contributed by atoms with Crippen LogP contribution >= 0.6 is 0 Å². The number of benzene rings is 1. The Kier molecular flexibility index (Phi) is 7.04. The monoisotopic (exact) mass is 382 g/mol. The molecule has 2 aromatic rings. The molecule has 1 heterocycles. The molecule has 0 saturated carbocycles. The zero-order valence-corrected chi connectivity index (χ0v) is 16.1. The fraction of sp³-hybridized carbons (Fsp3) is 0.350. The van der Waals surface area contributed by atoms with Gasteiger partial charge in [0.15, 0.2) is 5.69 Å². The molecule has 8 nitrogen and oxygen atoms in total. The Morgan fingerprint density at radius 1 is 1.25 bits per heavy atom. The fourth-order valence-electron chi connectivity index (χ4n) is 2.57. The number of hydrogen-bond donors (Lipinski definition) is 1. The fourth-order valence-corrected chi connectivity index (χ4v) is 2.57. The Balaban J connectivity index is 2.41. The highest BCUT2D eigenvalue weighted by Gasteiger charge is 2.18. The molecule has 8 heteroatoms. The van der Waals surface area contributed by atoms with Gasteiger partial charge in [0.1, 0.15) is 11.6 Å². The van der Waals surface area contributed by atoms with Crippen LogP contribution in [0.3, 0.4) is 0 Å². The highest BCUT2D eigenvalue weighted by Crippen LogP contribution is 2.27. The van der Waals surface area contributed by atoms with Crippen LogP contribution in [-0.2, 0) is 11.3 Å². The molecule has 1 aromatic carbocycles. The number of unbranched alkanes of at least 4 members (excludes halogenated alkanes) is 1. The van der Waals surface area contributed by atoms with Gasteiger partial charge < -0.3 is 9.84 Å². The number of pyridine rings is 1. The van der Waals surface area contributed by atoms with Crippen LogP contribution in [0.5, 0.6) is 5.88 Å². The molecule has 146 valence electrons. The van der Waals surface area contributed by atoms with E-state index in [9.17, 15) is 20.0 Å². The molecule has 1 aromatic heterocycles. The van der Waals surface area contributed by atoms with Crippen LogP contribution in [0.4, 0.5) is 11.4 Å². The van der Waals surface area contributed by atoms with E-state index in [-0.39, 0.29) is 35.8 Å². The molecule has 0 radical (unpaired) electrons. The predicted octanol–water partition coefficient (Wildman–Crippen LogP) is 4.13. The lowest BCUT2D eigenvalue weighted by atomic mass is 10.1. The Hall–Kier alpha value is -3.47. The normalized spacial score (nSPS) is 10.8. The van der Waals surface area contributed by atoms with Crippen molar-refractivity contribution in [3.05, 3.63) is 51.3 Å². The summed E-state index contributed by atoms with van der Waals surface area (Å²) in [6.07, 6.45) is 1.50. The molecule has 0 amide bonds. The van der Waals surface area contributed by atoms with Crippen molar-refractivity contribution >= 4 is 17.3 Å². The number of rotatable bonds is 7. The molecule has 0 aliphatic carbocycles. The Bertz CT molecular complexity index is 985. The van der Waals surface area contributed by atoms with Gasteiger partial charge in [0.25, 0.3) is 5.56 Å². The van der Waals surface area contributed by atoms with Crippen LogP contribution < -0.4 is 5.56 Å². The third-order valence-corrected chi connectivity index (χ3v) is 4.15. The number of nitriles is 1. The lowest BCUT2D eigenvalue weighted by molar-refractivity contribution is 0.0526. The lowest BCUT2D eigenvalue weighted by Gasteiger charge is -2.12. The van der Waals surface area contributed by atoms with Crippen LogP contribution in [-0.4, -0.2) is 22.2 Å². The van der Waals surface area contributed by atoms with Gasteiger partial charge in [-0.1, -0.05) is 13.3 Å². The summed E-state index contributed by atoms with van der Waals surface area (Å²) in [5, 5.41) is 27.6. The summed E-state index contributed by atoms with van der Waals surface area (Å²) in [5.41, 5.74) is 0.579. The topological polar surface area (TPSA) is 117 Å². The third kappa shape index (κ3) is 4.43. The van der Waals surface area contributed by atoms with Gasteiger partial charge in [-0.2, -0.15) is 10.4 Å². The van der Waals surface area contributed by atoms with Gasteiger partial charge in [-0.05, 0) is 44.5 Å². The predicted molar refractivity (Wildman–Crippen MR) is 103 cm³/mol. The SMILES string of the molecule is CCCCn1c(O)c(C#N)c(C)c(N=Nc2ccc(C(=O)OCC)cc2)c1=O. The van der Waals surface area contributed by atoms with Crippen molar-refractivity contribution in [3.8, 4) is 11.9 Å². The summed E-state index contributed by atoms with van der Waals surface area (Å²) < 4.78 is 6.07. The molecule has 0 aliphatic heterocycles. The third-order valence-electron chi connectivity index (χ3n) is 4.15. The zero-order valence-electron chi connectivity index (χ0n) is 16.1. The number of nitrogens with zero attached hydrogens (tertiary/aromatic N) is 4. The van der Waals surface area contributed by atoms with E-state index < -0.39 is 11.5 Å². The molecule has 0 atom stereocenters. The van der Waals surface area contributed by atoms with Gasteiger partial charge in [-0.15, -0.1) is 5.11 Å². The average molecular weight is 382 g/mol. The van der Waals surface area contributed by atoms with Gasteiger partial charge in [0.2, 0.25) is 5.88 Å². The van der Waals surface area contributed by atoms with E-state index in [4.69, 9.17) is 4.74 Å². The van der Waals surface area contributed by atoms with E-state index >= 15 is 0 Å². The van der Waals surface area contributed by atoms with E-state index in [1.54, 1.807) is 38.1 Å². The minimum absolute atomic E-state index is 0.0000719. The first-order valence-corrected chi connectivity index (χ1v) is 8.99. The van der Waals surface area contributed by atoms with E-state index in [1.165, 1.54) is 0 Å². The van der Waals surface area contributed by atoms with Gasteiger partial charge >= 0.3 is 5.97 Å². The molecule has 2 rings (SSSR count). The van der Waals surface area contributed by atoms with Gasteiger partial charge in [-0.3, -0.25) is 9.36 Å². The van der Waals surface area contributed by atoms with Gasteiger partial charge in [-0.25, -0.2) is 4.79 Å². The molecule has 0 spiro atoms. The minimum atomic E-state index is -0.505. The summed E-state index contributed by atoms with van der Waals surface area (Å²) >= 11 is 0. The van der Waals surface area contributed by atoms with Crippen LogP contribution in [0.1, 0.15) is 48.2 Å². The second kappa shape index (κ2) is 9.46. The first-order valence-electron chi connectivity index (χ1n) is 8.99. The number of esters is 1. The molecular weight excluding hydrogens is 360 g/mol. The van der Waals surface area contributed by atoms with Crippen LogP contribution in [0.2, 0.25) is 0 Å². The van der Waals surface area contributed by atoms with Gasteiger partial charge in [0, 0.05) is 12.1 Å². The number of carbonyl (C=O) groups is 1. The van der Waals surface area contributed by atoms with Gasteiger partial charge in [0.05, 0.1) is 17.9 Å². The first kappa shape index (κ1) is 20.8. The molecule has 1 N–H and O–H groups in total. The van der Waals surface area contributed by atoms with Crippen molar-refractivity contribution in [2.24, 2.45) is 10.2 Å². The molecular formula is C20H22N4O4. The first-order chi connectivity index (χ1) is 13.4. The average Bonchev–Trinajstić information content (AvgIpc) is 2.69. The Morgan fingerprint density at radius 2 is 1.93 bits per heavy atom. The molecule has 0 unspecified atom stereocenters. The Labute approximate surface area is 162 Å². The number of carbonyl (C=O) groups excluding carboxylic acids is 1. The quantitative estimate of drug-likeness (QED) is 0.571. The van der Waals surface area contributed by atoms with Crippen LogP contribution in [0, 0.1) is 18.3 Å². The van der Waals surface area contributed by atoms with Crippen molar-refractivity contribution < 1.29 is 14.6 Å². The van der Waals surface area contributed by atoms with E-state index in [2.05, 4.69) is 10.2 Å². The zero-order chi connectivity index (χ0) is 20.7. The molecule has 0 aliphatic rings. The second-order valence-corrected chi connectivity index (χ2v) is 6.06. The Morgan fingerprint density at radius 3 is 2.50 bits per heavy atom. The van der Waals surface area contributed by atoms with Crippen LogP contribution in [0.15, 0.2) is 39.3 Å². The molecule has 0 fully saturated rings. The van der Waals surface area contributed by atoms with Crippen LogP contribution in [0.25, 0.3) is 0 Å². The summed E-state index contributed by atoms with van der Waals surface area (Å²) in [5.74, 6) is -0.783. The lowest BCUT2D eigenvalue weighted by Crippen LogP contribution is -2.22. The molecule has 0 saturated heterocycles. The maximum absolute atomic E-state index is 12.7. The highest BCUT2D eigenvalue weighted by atomic mass is 16.5. The van der Waals surface area contributed by atoms with E-state index in [1.807, 2.05) is 13.0 Å². The number of azo groups is 1. The van der Waals surface area contributed by atoms with E-state index in [0.29, 0.717) is 17.7 Å². The summed E-state index contributed by atoms with van der Waals surface area (Å²) in [6.45, 7) is 5.80.